The molecule has 3 rings (SSSR count). The number of nitrogens with zero attached hydrogens (tertiary/aromatic N) is 2. The number of hydrogen-bond acceptors (Lipinski definition) is 6. The fraction of sp³-hybridized carbons (Fsp3) is 0.273. The maximum Gasteiger partial charge on any atom is 0.339 e. The molecule has 150 valence electrons. The number of ketones is 1. The van der Waals surface area contributed by atoms with Crippen LogP contribution in [0.1, 0.15) is 35.3 Å². The molecule has 2 aromatic rings. The molecule has 1 aliphatic rings. The van der Waals surface area contributed by atoms with Crippen molar-refractivity contribution >= 4 is 23.1 Å². The van der Waals surface area contributed by atoms with Gasteiger partial charge in [0.05, 0.1) is 10.5 Å². The number of esters is 1. The topological polar surface area (TPSA) is 89.8 Å². The highest BCUT2D eigenvalue weighted by Crippen LogP contribution is 2.46. The van der Waals surface area contributed by atoms with Crippen molar-refractivity contribution < 1.29 is 19.2 Å². The molecule has 29 heavy (non-hydrogen) atoms. The summed E-state index contributed by atoms with van der Waals surface area (Å²) < 4.78 is 5.12. The van der Waals surface area contributed by atoms with Gasteiger partial charge >= 0.3 is 5.97 Å². The average Bonchev–Trinajstić information content (AvgIpc) is 2.87. The first-order chi connectivity index (χ1) is 13.6. The first kappa shape index (κ1) is 20.3. The van der Waals surface area contributed by atoms with Gasteiger partial charge in [-0.2, -0.15) is 0 Å². The zero-order valence-electron chi connectivity index (χ0n) is 16.8. The Balaban J connectivity index is 1.75. The Morgan fingerprint density at radius 2 is 1.86 bits per heavy atom. The number of fused-ring (bicyclic) bond motifs is 1. The van der Waals surface area contributed by atoms with Crippen LogP contribution < -0.4 is 4.90 Å². The van der Waals surface area contributed by atoms with E-state index in [0.717, 1.165) is 16.9 Å². The second-order valence-electron chi connectivity index (χ2n) is 7.48. The first-order valence-corrected chi connectivity index (χ1v) is 9.14. The Hall–Kier alpha value is -3.48. The third kappa shape index (κ3) is 3.63. The highest BCUT2D eigenvalue weighted by molar-refractivity contribution is 5.97. The molecule has 0 saturated carbocycles. The monoisotopic (exact) mass is 394 g/mol. The van der Waals surface area contributed by atoms with Gasteiger partial charge in [-0.1, -0.05) is 38.1 Å². The summed E-state index contributed by atoms with van der Waals surface area (Å²) in [5.74, 6) is -1.12. The van der Waals surface area contributed by atoms with Crippen LogP contribution in [-0.2, 0) is 14.9 Å². The third-order valence-corrected chi connectivity index (χ3v) is 5.31. The van der Waals surface area contributed by atoms with E-state index in [4.69, 9.17) is 4.74 Å². The van der Waals surface area contributed by atoms with Gasteiger partial charge in [-0.05, 0) is 24.6 Å². The van der Waals surface area contributed by atoms with Gasteiger partial charge in [0.25, 0.3) is 5.69 Å². The van der Waals surface area contributed by atoms with Crippen LogP contribution in [0.25, 0.3) is 0 Å². The molecule has 0 amide bonds. The van der Waals surface area contributed by atoms with Crippen LogP contribution in [0.15, 0.2) is 54.2 Å². The van der Waals surface area contributed by atoms with E-state index in [2.05, 4.69) is 0 Å². The molecule has 0 spiro atoms. The zero-order valence-corrected chi connectivity index (χ0v) is 16.8. The quantitative estimate of drug-likeness (QED) is 0.330. The van der Waals surface area contributed by atoms with Gasteiger partial charge in [0.15, 0.2) is 12.4 Å². The van der Waals surface area contributed by atoms with E-state index in [-0.39, 0.29) is 28.0 Å². The van der Waals surface area contributed by atoms with Crippen LogP contribution in [0.5, 0.6) is 0 Å². The highest BCUT2D eigenvalue weighted by atomic mass is 16.6. The number of nitro benzene ring substituents is 1. The van der Waals surface area contributed by atoms with Crippen molar-refractivity contribution in [3.8, 4) is 0 Å². The van der Waals surface area contributed by atoms with Crippen LogP contribution >= 0.6 is 0 Å². The highest BCUT2D eigenvalue weighted by Gasteiger charge is 2.38. The van der Waals surface area contributed by atoms with E-state index >= 15 is 0 Å². The molecule has 0 unspecified atom stereocenters. The molecule has 0 radical (unpaired) electrons. The van der Waals surface area contributed by atoms with Gasteiger partial charge in [0, 0.05) is 41.6 Å². The maximum atomic E-state index is 12.5. The summed E-state index contributed by atoms with van der Waals surface area (Å²) in [7, 11) is 1.89. The average molecular weight is 394 g/mol. The summed E-state index contributed by atoms with van der Waals surface area (Å²) in [4.78, 5) is 37.2. The van der Waals surface area contributed by atoms with Crippen molar-refractivity contribution in [3.05, 3.63) is 81.0 Å². The number of carbonyl (C=O) groups excluding carboxylic acids is 2. The number of allylic oxidation sites excluding steroid dienone is 1. The minimum Gasteiger partial charge on any atom is -0.454 e. The molecule has 7 heteroatoms. The molecule has 2 aromatic carbocycles. The number of hydrogen-bond donors (Lipinski definition) is 0. The Kier molecular flexibility index (Phi) is 5.24. The molecular formula is C22H22N2O5. The van der Waals surface area contributed by atoms with Gasteiger partial charge in [-0.3, -0.25) is 14.9 Å². The number of benzene rings is 2. The predicted octanol–water partition coefficient (Wildman–Crippen LogP) is 3.94. The summed E-state index contributed by atoms with van der Waals surface area (Å²) in [5.41, 5.74) is 2.71. The molecule has 0 bridgehead atoms. The second kappa shape index (κ2) is 7.50. The van der Waals surface area contributed by atoms with Crippen molar-refractivity contribution in [3.63, 3.8) is 0 Å². The Morgan fingerprint density at radius 1 is 1.17 bits per heavy atom. The van der Waals surface area contributed by atoms with Crippen LogP contribution in [-0.4, -0.2) is 30.3 Å². The molecule has 0 aliphatic carbocycles. The lowest BCUT2D eigenvalue weighted by atomic mass is 9.83. The predicted molar refractivity (Wildman–Crippen MR) is 109 cm³/mol. The Bertz CT molecular complexity index is 1040. The Morgan fingerprint density at radius 3 is 2.52 bits per heavy atom. The summed E-state index contributed by atoms with van der Waals surface area (Å²) in [6.07, 6.45) is 1.49. The number of rotatable bonds is 5. The molecule has 1 aliphatic heterocycles. The lowest BCUT2D eigenvalue weighted by Crippen LogP contribution is -2.25. The number of likely N-dealkylation sites (N-methyl/N-ethyl adjacent to an activating group) is 1. The summed E-state index contributed by atoms with van der Waals surface area (Å²) >= 11 is 0. The second-order valence-corrected chi connectivity index (χ2v) is 7.48. The molecule has 0 N–H and O–H groups in total. The number of para-hydroxylation sites is 1. The lowest BCUT2D eigenvalue weighted by Gasteiger charge is -2.23. The van der Waals surface area contributed by atoms with Crippen molar-refractivity contribution in [2.24, 2.45) is 0 Å². The molecule has 0 aromatic heterocycles. The van der Waals surface area contributed by atoms with Crippen molar-refractivity contribution in [2.45, 2.75) is 26.2 Å². The van der Waals surface area contributed by atoms with Gasteiger partial charge in [0.2, 0.25) is 0 Å². The molecule has 0 fully saturated rings. The van der Waals surface area contributed by atoms with Crippen molar-refractivity contribution in [1.29, 1.82) is 0 Å². The van der Waals surface area contributed by atoms with E-state index in [9.17, 15) is 19.7 Å². The molecule has 7 nitrogen and oxygen atoms in total. The lowest BCUT2D eigenvalue weighted by molar-refractivity contribution is -0.385. The summed E-state index contributed by atoms with van der Waals surface area (Å²) in [5, 5.41) is 11.0. The van der Waals surface area contributed by atoms with E-state index in [0.29, 0.717) is 0 Å². The van der Waals surface area contributed by atoms with Crippen molar-refractivity contribution in [2.75, 3.05) is 18.6 Å². The van der Waals surface area contributed by atoms with E-state index in [1.165, 1.54) is 31.2 Å². The number of anilines is 1. The minimum absolute atomic E-state index is 0.0744. The number of carbonyl (C=O) groups is 2. The smallest absolute Gasteiger partial charge is 0.339 e. The van der Waals surface area contributed by atoms with Crippen LogP contribution in [0.3, 0.4) is 0 Å². The fourth-order valence-electron chi connectivity index (χ4n) is 3.71. The molecule has 1 heterocycles. The van der Waals surface area contributed by atoms with Gasteiger partial charge in [0.1, 0.15) is 0 Å². The largest absolute Gasteiger partial charge is 0.454 e. The van der Waals surface area contributed by atoms with Crippen LogP contribution in [0, 0.1) is 17.0 Å². The van der Waals surface area contributed by atoms with Crippen molar-refractivity contribution in [1.82, 2.24) is 0 Å². The molecule has 0 atom stereocenters. The SMILES string of the molecule is Cc1c(C(=O)OCC(=O)C=C2N(C)c3ccccc3C2(C)C)cccc1[N+](=O)[O-]. The number of nitro groups is 1. The van der Waals surface area contributed by atoms with Crippen LogP contribution in [0.2, 0.25) is 0 Å². The Labute approximate surface area is 168 Å². The summed E-state index contributed by atoms with van der Waals surface area (Å²) in [6, 6.07) is 12.1. The fourth-order valence-corrected chi connectivity index (χ4v) is 3.71. The third-order valence-electron chi connectivity index (χ3n) is 5.31. The van der Waals surface area contributed by atoms with Gasteiger partial charge in [-0.15, -0.1) is 0 Å². The van der Waals surface area contributed by atoms with Gasteiger partial charge in [-0.25, -0.2) is 4.79 Å². The normalized spacial score (nSPS) is 15.9. The number of ether oxygens (including phenoxy) is 1. The first-order valence-electron chi connectivity index (χ1n) is 9.14. The van der Waals surface area contributed by atoms with E-state index < -0.39 is 17.5 Å². The van der Waals surface area contributed by atoms with Crippen LogP contribution in [0.4, 0.5) is 11.4 Å². The standard InChI is InChI=1S/C22H22N2O5/c1-14-16(8-7-11-18(14)24(27)28)21(26)29-13-15(25)12-20-22(2,3)17-9-5-6-10-19(17)23(20)4/h5-12H,13H2,1-4H3. The maximum absolute atomic E-state index is 12.5. The minimum atomic E-state index is -0.764. The van der Waals surface area contributed by atoms with E-state index in [1.807, 2.05) is 50.1 Å². The summed E-state index contributed by atoms with van der Waals surface area (Å²) in [6.45, 7) is 5.11. The molecular weight excluding hydrogens is 372 g/mol. The molecule has 0 saturated heterocycles. The van der Waals surface area contributed by atoms with E-state index in [1.54, 1.807) is 0 Å². The zero-order chi connectivity index (χ0) is 21.3. The van der Waals surface area contributed by atoms with Gasteiger partial charge < -0.3 is 9.64 Å².